The number of fused-ring (bicyclic) bond motifs is 1. The predicted octanol–water partition coefficient (Wildman–Crippen LogP) is 5.87. The maximum absolute atomic E-state index is 14.3. The summed E-state index contributed by atoms with van der Waals surface area (Å²) in [5.74, 6) is -3.12. The number of nitrogens with zero attached hydrogens (tertiary/aromatic N) is 3. The minimum Gasteiger partial charge on any atom is -0.325 e. The van der Waals surface area contributed by atoms with E-state index < -0.39 is 41.8 Å². The number of anilines is 1. The molecule has 1 saturated heterocycles. The van der Waals surface area contributed by atoms with Gasteiger partial charge < -0.3 is 15.1 Å². The Balaban J connectivity index is 1.45. The van der Waals surface area contributed by atoms with Crippen molar-refractivity contribution in [1.29, 1.82) is 10.8 Å². The molecule has 12 heteroatoms. The Hall–Kier alpha value is -3.38. The topological polar surface area (TPSA) is 86.5 Å². The summed E-state index contributed by atoms with van der Waals surface area (Å²) in [6.07, 6.45) is -4.78. The van der Waals surface area contributed by atoms with Crippen LogP contribution >= 0.6 is 0 Å². The summed E-state index contributed by atoms with van der Waals surface area (Å²) in [7, 11) is 1.49. The van der Waals surface area contributed by atoms with E-state index in [2.05, 4.69) is 24.1 Å². The zero-order chi connectivity index (χ0) is 31.3. The molecule has 43 heavy (non-hydrogen) atoms. The van der Waals surface area contributed by atoms with Gasteiger partial charge in [-0.05, 0) is 46.9 Å². The maximum atomic E-state index is 14.3. The van der Waals surface area contributed by atoms with Crippen molar-refractivity contribution in [2.24, 2.45) is 5.92 Å². The highest BCUT2D eigenvalue weighted by Gasteiger charge is 2.57. The number of hydrogen-bond acceptors (Lipinski definition) is 5. The highest BCUT2D eigenvalue weighted by Crippen LogP contribution is 2.56. The Bertz CT molecular complexity index is 1420. The van der Waals surface area contributed by atoms with Gasteiger partial charge in [-0.25, -0.2) is 8.78 Å². The molecule has 1 saturated carbocycles. The number of benzene rings is 2. The molecule has 0 spiro atoms. The van der Waals surface area contributed by atoms with E-state index in [9.17, 15) is 26.7 Å². The molecule has 1 atom stereocenters. The minimum absolute atomic E-state index is 0.00467. The molecule has 0 bridgehead atoms. The largest absolute Gasteiger partial charge is 0.416 e. The van der Waals surface area contributed by atoms with E-state index in [0.717, 1.165) is 18.9 Å². The molecule has 2 heterocycles. The third kappa shape index (κ3) is 6.17. The Labute approximate surface area is 248 Å². The molecular formula is C31H37F5N6O. The normalized spacial score (nSPS) is 21.5. The predicted molar refractivity (Wildman–Crippen MR) is 155 cm³/mol. The molecule has 0 aromatic heterocycles. The standard InChI is InChI=1S/C31H37F5N6O/c1-19(2)26-15-41(8-7-39-26)13-20-9-23-24(25(10-20)31(34,35)36)14-42(28(23)43)22-6-4-5-21(11-22)29(16-30(32,33)17-29)12-27(38)40(3)18-37/h4-6,9-11,18-19,26,37-39H,7-8,12-17H2,1-3H3. The van der Waals surface area contributed by atoms with E-state index in [4.69, 9.17) is 10.8 Å². The van der Waals surface area contributed by atoms with Gasteiger partial charge in [-0.15, -0.1) is 0 Å². The number of alkyl halides is 5. The Morgan fingerprint density at radius 1 is 1.21 bits per heavy atom. The fourth-order valence-corrected chi connectivity index (χ4v) is 6.61. The van der Waals surface area contributed by atoms with Gasteiger partial charge in [0.15, 0.2) is 0 Å². The molecule has 7 nitrogen and oxygen atoms in total. The van der Waals surface area contributed by atoms with Crippen molar-refractivity contribution >= 4 is 23.8 Å². The summed E-state index contributed by atoms with van der Waals surface area (Å²) >= 11 is 0. The van der Waals surface area contributed by atoms with Gasteiger partial charge in [0.2, 0.25) is 5.92 Å². The monoisotopic (exact) mass is 604 g/mol. The molecule has 232 valence electrons. The number of hydrogen-bond donors (Lipinski definition) is 3. The van der Waals surface area contributed by atoms with Crippen LogP contribution in [0.4, 0.5) is 27.6 Å². The first kappa shape index (κ1) is 31.1. The van der Waals surface area contributed by atoms with Gasteiger partial charge in [0.25, 0.3) is 5.91 Å². The van der Waals surface area contributed by atoms with E-state index in [-0.39, 0.29) is 42.5 Å². The molecule has 2 aliphatic heterocycles. The van der Waals surface area contributed by atoms with Gasteiger partial charge in [-0.3, -0.25) is 20.5 Å². The summed E-state index contributed by atoms with van der Waals surface area (Å²) in [5, 5.41) is 19.1. The second-order valence-electron chi connectivity index (χ2n) is 12.5. The van der Waals surface area contributed by atoms with Gasteiger partial charge in [-0.2, -0.15) is 13.2 Å². The Morgan fingerprint density at radius 2 is 1.93 bits per heavy atom. The van der Waals surface area contributed by atoms with E-state index in [0.29, 0.717) is 35.8 Å². The number of carbonyl (C=O) groups is 1. The number of amidine groups is 1. The van der Waals surface area contributed by atoms with Gasteiger partial charge >= 0.3 is 6.18 Å². The first-order valence-corrected chi connectivity index (χ1v) is 14.4. The molecule has 2 aromatic rings. The number of amides is 1. The molecule has 1 aliphatic carbocycles. The first-order chi connectivity index (χ1) is 20.1. The number of nitrogens with one attached hydrogen (secondary N) is 3. The van der Waals surface area contributed by atoms with Crippen molar-refractivity contribution in [3.8, 4) is 0 Å². The van der Waals surface area contributed by atoms with E-state index in [1.54, 1.807) is 30.3 Å². The minimum atomic E-state index is -4.66. The fourth-order valence-electron chi connectivity index (χ4n) is 6.61. The third-order valence-corrected chi connectivity index (χ3v) is 9.00. The molecule has 5 rings (SSSR count). The summed E-state index contributed by atoms with van der Waals surface area (Å²) in [6.45, 7) is 6.30. The van der Waals surface area contributed by atoms with Gasteiger partial charge in [0.05, 0.1) is 18.4 Å². The van der Waals surface area contributed by atoms with Crippen molar-refractivity contribution in [3.63, 3.8) is 0 Å². The SMILES string of the molecule is CC(C)C1CN(Cc2cc3c(c(C(F)(F)F)c2)CN(c2cccc(C4(CC(=N)N(C)C=N)CC(F)(F)C4)c2)C3=O)CCN1. The summed E-state index contributed by atoms with van der Waals surface area (Å²) in [5.41, 5.74) is -0.791. The average molecular weight is 605 g/mol. The number of piperazine rings is 1. The molecule has 1 unspecified atom stereocenters. The van der Waals surface area contributed by atoms with Crippen LogP contribution < -0.4 is 10.2 Å². The number of carbonyl (C=O) groups excluding carboxylic acids is 1. The lowest BCUT2D eigenvalue weighted by atomic mass is 9.60. The maximum Gasteiger partial charge on any atom is 0.416 e. The van der Waals surface area contributed by atoms with Gasteiger partial charge in [-0.1, -0.05) is 26.0 Å². The van der Waals surface area contributed by atoms with Crippen LogP contribution in [0.2, 0.25) is 0 Å². The molecule has 0 radical (unpaired) electrons. The van der Waals surface area contributed by atoms with Crippen LogP contribution in [0.25, 0.3) is 0 Å². The molecule has 2 fully saturated rings. The smallest absolute Gasteiger partial charge is 0.325 e. The van der Waals surface area contributed by atoms with Crippen LogP contribution in [-0.2, 0) is 24.7 Å². The van der Waals surface area contributed by atoms with Crippen LogP contribution in [0, 0.1) is 16.7 Å². The number of halogens is 5. The van der Waals surface area contributed by atoms with Crippen molar-refractivity contribution in [2.75, 3.05) is 31.6 Å². The van der Waals surface area contributed by atoms with Crippen molar-refractivity contribution < 1.29 is 26.7 Å². The quantitative estimate of drug-likeness (QED) is 0.200. The van der Waals surface area contributed by atoms with E-state index in [1.807, 2.05) is 0 Å². The summed E-state index contributed by atoms with van der Waals surface area (Å²) < 4.78 is 71.4. The van der Waals surface area contributed by atoms with Crippen LogP contribution in [-0.4, -0.2) is 66.5 Å². The lowest BCUT2D eigenvalue weighted by molar-refractivity contribution is -0.138. The summed E-state index contributed by atoms with van der Waals surface area (Å²) in [6, 6.07) is 9.37. The first-order valence-electron chi connectivity index (χ1n) is 14.4. The van der Waals surface area contributed by atoms with Crippen LogP contribution in [0.5, 0.6) is 0 Å². The highest BCUT2D eigenvalue weighted by molar-refractivity contribution is 6.10. The summed E-state index contributed by atoms with van der Waals surface area (Å²) in [4.78, 5) is 18.3. The molecule has 3 N–H and O–H groups in total. The van der Waals surface area contributed by atoms with Crippen molar-refractivity contribution in [2.45, 2.75) is 69.8 Å². The van der Waals surface area contributed by atoms with Gasteiger partial charge in [0.1, 0.15) is 5.84 Å². The Kier molecular flexibility index (Phi) is 8.14. The second kappa shape index (κ2) is 11.3. The van der Waals surface area contributed by atoms with E-state index >= 15 is 0 Å². The number of rotatable bonds is 8. The van der Waals surface area contributed by atoms with Gasteiger partial charge in [0, 0.05) is 75.2 Å². The zero-order valence-corrected chi connectivity index (χ0v) is 24.5. The van der Waals surface area contributed by atoms with Crippen LogP contribution in [0.3, 0.4) is 0 Å². The Morgan fingerprint density at radius 3 is 2.56 bits per heavy atom. The zero-order valence-electron chi connectivity index (χ0n) is 24.5. The molecule has 2 aromatic carbocycles. The van der Waals surface area contributed by atoms with E-state index in [1.165, 1.54) is 16.8 Å². The average Bonchev–Trinajstić information content (AvgIpc) is 3.26. The van der Waals surface area contributed by atoms with Crippen LogP contribution in [0.1, 0.15) is 65.7 Å². The van der Waals surface area contributed by atoms with Crippen molar-refractivity contribution in [3.05, 3.63) is 64.2 Å². The molecule has 1 amide bonds. The fraction of sp³-hybridized carbons (Fsp3) is 0.516. The lowest BCUT2D eigenvalue weighted by Gasteiger charge is -2.48. The third-order valence-electron chi connectivity index (χ3n) is 9.00. The van der Waals surface area contributed by atoms with Crippen molar-refractivity contribution in [1.82, 2.24) is 15.1 Å². The lowest BCUT2D eigenvalue weighted by Crippen LogP contribution is -2.52. The van der Waals surface area contributed by atoms with Crippen LogP contribution in [0.15, 0.2) is 36.4 Å². The molecule has 3 aliphatic rings. The second-order valence-corrected chi connectivity index (χ2v) is 12.5. The highest BCUT2D eigenvalue weighted by atomic mass is 19.4. The molecular weight excluding hydrogens is 567 g/mol.